The zero-order chi connectivity index (χ0) is 17.4. The van der Waals surface area contributed by atoms with Crippen molar-refractivity contribution in [2.24, 2.45) is 0 Å². The zero-order valence-electron chi connectivity index (χ0n) is 13.7. The lowest BCUT2D eigenvalue weighted by Gasteiger charge is -2.13. The van der Waals surface area contributed by atoms with Crippen LogP contribution in [0.25, 0.3) is 0 Å². The van der Waals surface area contributed by atoms with Crippen molar-refractivity contribution in [2.45, 2.75) is 32.6 Å². The van der Waals surface area contributed by atoms with E-state index in [9.17, 15) is 9.59 Å². The maximum atomic E-state index is 12.3. The summed E-state index contributed by atoms with van der Waals surface area (Å²) in [5.74, 6) is -0.373. The number of anilines is 2. The monoisotopic (exact) mass is 326 g/mol. The number of rotatable bonds is 7. The summed E-state index contributed by atoms with van der Waals surface area (Å²) in [4.78, 5) is 24.2. The first-order valence-corrected chi connectivity index (χ1v) is 8.07. The molecule has 5 nitrogen and oxygen atoms in total. The molecular weight excluding hydrogens is 304 g/mol. The van der Waals surface area contributed by atoms with Crippen LogP contribution in [0.3, 0.4) is 0 Å². The van der Waals surface area contributed by atoms with Crippen molar-refractivity contribution in [3.05, 3.63) is 54.1 Å². The number of nitrogens with two attached hydrogens (primary N) is 1. The molecule has 2 aromatic carbocycles. The molecule has 0 saturated carbocycles. The molecule has 3 N–H and O–H groups in total. The van der Waals surface area contributed by atoms with Crippen LogP contribution >= 0.6 is 0 Å². The Labute approximate surface area is 141 Å². The number of hydrogen-bond acceptors (Lipinski definition) is 4. The molecule has 0 aliphatic heterocycles. The quantitative estimate of drug-likeness (QED) is 0.349. The maximum Gasteiger partial charge on any atom is 0.311 e. The second-order valence-corrected chi connectivity index (χ2v) is 5.47. The molecule has 126 valence electrons. The van der Waals surface area contributed by atoms with Crippen molar-refractivity contribution in [3.8, 4) is 5.75 Å². The normalized spacial score (nSPS) is 10.2. The molecule has 24 heavy (non-hydrogen) atoms. The zero-order valence-corrected chi connectivity index (χ0v) is 13.7. The van der Waals surface area contributed by atoms with Gasteiger partial charge in [0.05, 0.1) is 5.69 Å². The Bertz CT molecular complexity index is 699. The van der Waals surface area contributed by atoms with Crippen LogP contribution in [-0.2, 0) is 4.79 Å². The number of ether oxygens (including phenoxy) is 1. The lowest BCUT2D eigenvalue weighted by Crippen LogP contribution is -2.16. The molecule has 1 amide bonds. The molecule has 0 aliphatic rings. The van der Waals surface area contributed by atoms with E-state index < -0.39 is 0 Å². The van der Waals surface area contributed by atoms with Gasteiger partial charge in [-0.2, -0.15) is 0 Å². The minimum atomic E-state index is -0.329. The van der Waals surface area contributed by atoms with Gasteiger partial charge in [-0.05, 0) is 30.7 Å². The molecule has 0 saturated heterocycles. The van der Waals surface area contributed by atoms with E-state index >= 15 is 0 Å². The van der Waals surface area contributed by atoms with E-state index in [2.05, 4.69) is 12.2 Å². The van der Waals surface area contributed by atoms with E-state index in [4.69, 9.17) is 10.5 Å². The second kappa shape index (κ2) is 8.72. The summed E-state index contributed by atoms with van der Waals surface area (Å²) < 4.78 is 5.38. The maximum absolute atomic E-state index is 12.3. The third-order valence-corrected chi connectivity index (χ3v) is 3.54. The van der Waals surface area contributed by atoms with Gasteiger partial charge < -0.3 is 15.8 Å². The van der Waals surface area contributed by atoms with E-state index in [-0.39, 0.29) is 17.6 Å². The van der Waals surface area contributed by atoms with Crippen LogP contribution in [0.1, 0.15) is 43.0 Å². The predicted molar refractivity (Wildman–Crippen MR) is 95.0 cm³/mol. The number of nitrogens with one attached hydrogen (secondary N) is 1. The first kappa shape index (κ1) is 17.5. The second-order valence-electron chi connectivity index (χ2n) is 5.47. The minimum Gasteiger partial charge on any atom is -0.424 e. The molecule has 2 aromatic rings. The van der Waals surface area contributed by atoms with Crippen molar-refractivity contribution in [1.82, 2.24) is 0 Å². The van der Waals surface area contributed by atoms with Crippen molar-refractivity contribution in [3.63, 3.8) is 0 Å². The Hall–Kier alpha value is -2.82. The Morgan fingerprint density at radius 2 is 1.79 bits per heavy atom. The van der Waals surface area contributed by atoms with E-state index in [0.717, 1.165) is 19.3 Å². The fourth-order valence-corrected chi connectivity index (χ4v) is 2.24. The number of unbranched alkanes of at least 4 members (excludes halogenated alkanes) is 2. The van der Waals surface area contributed by atoms with Gasteiger partial charge in [0.15, 0.2) is 5.75 Å². The van der Waals surface area contributed by atoms with E-state index in [1.165, 1.54) is 0 Å². The summed E-state index contributed by atoms with van der Waals surface area (Å²) in [5, 5.41) is 2.73. The molecule has 0 atom stereocenters. The Kier molecular flexibility index (Phi) is 6.37. The third-order valence-electron chi connectivity index (χ3n) is 3.54. The Morgan fingerprint density at radius 3 is 2.50 bits per heavy atom. The van der Waals surface area contributed by atoms with Crippen LogP contribution in [0.4, 0.5) is 11.4 Å². The van der Waals surface area contributed by atoms with Gasteiger partial charge in [-0.1, -0.05) is 44.0 Å². The van der Waals surface area contributed by atoms with Gasteiger partial charge in [0.1, 0.15) is 5.69 Å². The number of amides is 1. The van der Waals surface area contributed by atoms with Crippen LogP contribution in [0.5, 0.6) is 5.75 Å². The minimum absolute atomic E-state index is 0.265. The third kappa shape index (κ3) is 4.84. The molecule has 0 bridgehead atoms. The van der Waals surface area contributed by atoms with Crippen LogP contribution < -0.4 is 15.8 Å². The summed E-state index contributed by atoms with van der Waals surface area (Å²) in [5.41, 5.74) is 7.10. The van der Waals surface area contributed by atoms with E-state index in [0.29, 0.717) is 23.4 Å². The highest BCUT2D eigenvalue weighted by molar-refractivity contribution is 6.07. The number of nitrogen functional groups attached to an aromatic ring is 1. The fourth-order valence-electron chi connectivity index (χ4n) is 2.24. The van der Waals surface area contributed by atoms with Crippen LogP contribution in [0, 0.1) is 0 Å². The highest BCUT2D eigenvalue weighted by Gasteiger charge is 2.15. The van der Waals surface area contributed by atoms with Gasteiger partial charge in [-0.25, -0.2) is 0 Å². The smallest absolute Gasteiger partial charge is 0.311 e. The van der Waals surface area contributed by atoms with Crippen molar-refractivity contribution >= 4 is 23.3 Å². The Morgan fingerprint density at radius 1 is 1.04 bits per heavy atom. The van der Waals surface area contributed by atoms with Gasteiger partial charge in [0.2, 0.25) is 0 Å². The molecule has 2 rings (SSSR count). The molecule has 0 fully saturated rings. The molecule has 0 aromatic heterocycles. The average molecular weight is 326 g/mol. The Balaban J connectivity index is 2.12. The highest BCUT2D eigenvalue weighted by atomic mass is 16.5. The van der Waals surface area contributed by atoms with Gasteiger partial charge in [0, 0.05) is 12.0 Å². The number of benzene rings is 2. The van der Waals surface area contributed by atoms with E-state index in [1.54, 1.807) is 42.5 Å². The summed E-state index contributed by atoms with van der Waals surface area (Å²) in [7, 11) is 0. The van der Waals surface area contributed by atoms with Crippen LogP contribution in [0.2, 0.25) is 0 Å². The summed E-state index contributed by atoms with van der Waals surface area (Å²) in [6, 6.07) is 13.7. The van der Waals surface area contributed by atoms with E-state index in [1.807, 2.05) is 6.07 Å². The molecular formula is C19H22N2O3. The van der Waals surface area contributed by atoms with Gasteiger partial charge in [-0.3, -0.25) is 9.59 Å². The molecule has 0 heterocycles. The van der Waals surface area contributed by atoms with Gasteiger partial charge in [0.25, 0.3) is 5.91 Å². The summed E-state index contributed by atoms with van der Waals surface area (Å²) >= 11 is 0. The fraction of sp³-hybridized carbons (Fsp3) is 0.263. The molecule has 0 radical (unpaired) electrons. The largest absolute Gasteiger partial charge is 0.424 e. The van der Waals surface area contributed by atoms with Crippen LogP contribution in [-0.4, -0.2) is 11.9 Å². The number of carbonyl (C=O) groups excluding carboxylic acids is 2. The standard InChI is InChI=1S/C19H22N2O3/c1-2-3-5-13-17(22)24-16-12-8-11-15(20)18(16)21-19(23)14-9-6-4-7-10-14/h4,6-12H,2-3,5,13,20H2,1H3,(H,21,23). The van der Waals surface area contributed by atoms with Crippen molar-refractivity contribution < 1.29 is 14.3 Å². The molecule has 0 unspecified atom stereocenters. The highest BCUT2D eigenvalue weighted by Crippen LogP contribution is 2.31. The first-order valence-electron chi connectivity index (χ1n) is 8.07. The average Bonchev–Trinajstić information content (AvgIpc) is 2.59. The first-order chi connectivity index (χ1) is 11.6. The lowest BCUT2D eigenvalue weighted by atomic mass is 10.2. The topological polar surface area (TPSA) is 81.4 Å². The van der Waals surface area contributed by atoms with Crippen LogP contribution in [0.15, 0.2) is 48.5 Å². The summed E-state index contributed by atoms with van der Waals surface area (Å²) in [6.45, 7) is 2.07. The van der Waals surface area contributed by atoms with Crippen molar-refractivity contribution in [2.75, 3.05) is 11.1 Å². The predicted octanol–water partition coefficient (Wildman–Crippen LogP) is 4.01. The SMILES string of the molecule is CCCCCC(=O)Oc1cccc(N)c1NC(=O)c1ccccc1. The summed E-state index contributed by atoms with van der Waals surface area (Å²) in [6.07, 6.45) is 3.13. The van der Waals surface area contributed by atoms with Gasteiger partial charge >= 0.3 is 5.97 Å². The number of esters is 1. The molecule has 0 aliphatic carbocycles. The lowest BCUT2D eigenvalue weighted by molar-refractivity contribution is -0.134. The molecule has 0 spiro atoms. The van der Waals surface area contributed by atoms with Gasteiger partial charge in [-0.15, -0.1) is 0 Å². The number of para-hydroxylation sites is 1. The van der Waals surface area contributed by atoms with Crippen molar-refractivity contribution in [1.29, 1.82) is 0 Å². The number of carbonyl (C=O) groups is 2. The number of hydrogen-bond donors (Lipinski definition) is 2. The molecule has 5 heteroatoms.